The maximum atomic E-state index is 10.4. The van der Waals surface area contributed by atoms with Gasteiger partial charge in [0.05, 0.1) is 6.10 Å². The van der Waals surface area contributed by atoms with Crippen molar-refractivity contribution in [3.05, 3.63) is 34.9 Å². The SMILES string of the molecule is OC(c1ccc2c(c1)CCC2)C1CCCC1. The van der Waals surface area contributed by atoms with Crippen LogP contribution >= 0.6 is 0 Å². The van der Waals surface area contributed by atoms with Gasteiger partial charge in [-0.15, -0.1) is 0 Å². The predicted molar refractivity (Wildman–Crippen MR) is 65.4 cm³/mol. The second-order valence-electron chi connectivity index (χ2n) is 5.37. The average molecular weight is 216 g/mol. The van der Waals surface area contributed by atoms with Gasteiger partial charge in [-0.2, -0.15) is 0 Å². The van der Waals surface area contributed by atoms with Gasteiger partial charge in [0, 0.05) is 0 Å². The molecule has 16 heavy (non-hydrogen) atoms. The molecule has 86 valence electrons. The van der Waals surface area contributed by atoms with E-state index in [9.17, 15) is 5.11 Å². The minimum absolute atomic E-state index is 0.214. The highest BCUT2D eigenvalue weighted by molar-refractivity contribution is 5.36. The van der Waals surface area contributed by atoms with Crippen molar-refractivity contribution in [2.24, 2.45) is 5.92 Å². The first-order valence-corrected chi connectivity index (χ1v) is 6.64. The van der Waals surface area contributed by atoms with Crippen molar-refractivity contribution < 1.29 is 5.11 Å². The summed E-state index contributed by atoms with van der Waals surface area (Å²) in [4.78, 5) is 0. The monoisotopic (exact) mass is 216 g/mol. The van der Waals surface area contributed by atoms with Crippen molar-refractivity contribution in [1.82, 2.24) is 0 Å². The number of fused-ring (bicyclic) bond motifs is 1. The first-order valence-electron chi connectivity index (χ1n) is 6.64. The molecule has 2 aliphatic rings. The highest BCUT2D eigenvalue weighted by atomic mass is 16.3. The van der Waals surface area contributed by atoms with Gasteiger partial charge < -0.3 is 5.11 Å². The molecule has 1 heteroatoms. The summed E-state index contributed by atoms with van der Waals surface area (Å²) in [6, 6.07) is 6.63. The van der Waals surface area contributed by atoms with Gasteiger partial charge in [0.1, 0.15) is 0 Å². The Balaban J connectivity index is 1.83. The molecule has 0 aliphatic heterocycles. The largest absolute Gasteiger partial charge is 0.388 e. The van der Waals surface area contributed by atoms with E-state index in [1.165, 1.54) is 56.1 Å². The third kappa shape index (κ3) is 1.78. The first kappa shape index (κ1) is 10.3. The van der Waals surface area contributed by atoms with Gasteiger partial charge >= 0.3 is 0 Å². The maximum Gasteiger partial charge on any atom is 0.0818 e. The van der Waals surface area contributed by atoms with E-state index in [4.69, 9.17) is 0 Å². The van der Waals surface area contributed by atoms with Crippen LogP contribution in [0.4, 0.5) is 0 Å². The van der Waals surface area contributed by atoms with Crippen molar-refractivity contribution in [2.45, 2.75) is 51.0 Å². The zero-order valence-electron chi connectivity index (χ0n) is 9.78. The summed E-state index contributed by atoms with van der Waals surface area (Å²) in [6.45, 7) is 0. The van der Waals surface area contributed by atoms with Crippen molar-refractivity contribution in [2.75, 3.05) is 0 Å². The van der Waals surface area contributed by atoms with Crippen LogP contribution in [0.2, 0.25) is 0 Å². The molecule has 0 heterocycles. The average Bonchev–Trinajstić information content (AvgIpc) is 2.98. The summed E-state index contributed by atoms with van der Waals surface area (Å²) in [5, 5.41) is 10.4. The molecule has 0 spiro atoms. The standard InChI is InChI=1S/C15H20O/c16-15(12-4-1-2-5-12)14-9-8-11-6-3-7-13(11)10-14/h8-10,12,15-16H,1-7H2. The summed E-state index contributed by atoms with van der Waals surface area (Å²) in [7, 11) is 0. The molecule has 1 atom stereocenters. The molecular weight excluding hydrogens is 196 g/mol. The lowest BCUT2D eigenvalue weighted by Gasteiger charge is -2.18. The quantitative estimate of drug-likeness (QED) is 0.803. The molecule has 0 radical (unpaired) electrons. The van der Waals surface area contributed by atoms with Crippen molar-refractivity contribution >= 4 is 0 Å². The van der Waals surface area contributed by atoms with E-state index in [0.29, 0.717) is 5.92 Å². The molecule has 0 aromatic heterocycles. The smallest absolute Gasteiger partial charge is 0.0818 e. The van der Waals surface area contributed by atoms with Crippen LogP contribution in [0, 0.1) is 5.92 Å². The zero-order chi connectivity index (χ0) is 11.0. The van der Waals surface area contributed by atoms with Gasteiger partial charge in [0.15, 0.2) is 0 Å². The van der Waals surface area contributed by atoms with Crippen LogP contribution in [-0.2, 0) is 12.8 Å². The minimum atomic E-state index is -0.214. The minimum Gasteiger partial charge on any atom is -0.388 e. The molecule has 0 amide bonds. The Kier molecular flexibility index (Phi) is 2.72. The van der Waals surface area contributed by atoms with E-state index in [-0.39, 0.29) is 6.10 Å². The molecule has 0 bridgehead atoms. The Morgan fingerprint density at radius 2 is 1.75 bits per heavy atom. The highest BCUT2D eigenvalue weighted by Crippen LogP contribution is 2.36. The molecule has 1 fully saturated rings. The fourth-order valence-corrected chi connectivity index (χ4v) is 3.32. The third-order valence-corrected chi connectivity index (χ3v) is 4.31. The van der Waals surface area contributed by atoms with E-state index in [2.05, 4.69) is 18.2 Å². The zero-order valence-corrected chi connectivity index (χ0v) is 9.78. The molecule has 0 saturated heterocycles. The Morgan fingerprint density at radius 1 is 1.00 bits per heavy atom. The lowest BCUT2D eigenvalue weighted by atomic mass is 9.92. The Labute approximate surface area is 97.5 Å². The third-order valence-electron chi connectivity index (χ3n) is 4.31. The second-order valence-corrected chi connectivity index (χ2v) is 5.37. The number of benzene rings is 1. The fourth-order valence-electron chi connectivity index (χ4n) is 3.32. The Bertz CT molecular complexity index is 377. The molecule has 1 nitrogen and oxygen atoms in total. The fraction of sp³-hybridized carbons (Fsp3) is 0.600. The van der Waals surface area contributed by atoms with Crippen LogP contribution in [0.1, 0.15) is 54.9 Å². The number of aliphatic hydroxyl groups is 1. The summed E-state index contributed by atoms with van der Waals surface area (Å²) in [5.74, 6) is 0.513. The van der Waals surface area contributed by atoms with Crippen molar-refractivity contribution in [1.29, 1.82) is 0 Å². The molecule has 1 saturated carbocycles. The molecule has 1 aromatic rings. The number of rotatable bonds is 2. The van der Waals surface area contributed by atoms with Crippen LogP contribution in [0.15, 0.2) is 18.2 Å². The summed E-state index contributed by atoms with van der Waals surface area (Å²) in [6.07, 6.45) is 8.53. The molecule has 1 unspecified atom stereocenters. The molecule has 1 aromatic carbocycles. The lowest BCUT2D eigenvalue weighted by molar-refractivity contribution is 0.111. The predicted octanol–water partition coefficient (Wildman–Crippen LogP) is 3.40. The van der Waals surface area contributed by atoms with Gasteiger partial charge in [-0.1, -0.05) is 31.0 Å². The number of hydrogen-bond acceptors (Lipinski definition) is 1. The molecule has 2 aliphatic carbocycles. The van der Waals surface area contributed by atoms with Gasteiger partial charge in [-0.3, -0.25) is 0 Å². The molecule has 3 rings (SSSR count). The first-order chi connectivity index (χ1) is 7.84. The number of aryl methyl sites for hydroxylation is 2. The lowest BCUT2D eigenvalue weighted by Crippen LogP contribution is -2.09. The molecule has 1 N–H and O–H groups in total. The van der Waals surface area contributed by atoms with Gasteiger partial charge in [-0.05, 0) is 54.7 Å². The van der Waals surface area contributed by atoms with E-state index < -0.39 is 0 Å². The number of aliphatic hydroxyl groups excluding tert-OH is 1. The second kappa shape index (κ2) is 4.21. The van der Waals surface area contributed by atoms with Gasteiger partial charge in [-0.25, -0.2) is 0 Å². The van der Waals surface area contributed by atoms with Crippen LogP contribution in [-0.4, -0.2) is 5.11 Å². The summed E-state index contributed by atoms with van der Waals surface area (Å²) >= 11 is 0. The maximum absolute atomic E-state index is 10.4. The Hall–Kier alpha value is -0.820. The van der Waals surface area contributed by atoms with Gasteiger partial charge in [0.2, 0.25) is 0 Å². The van der Waals surface area contributed by atoms with Crippen LogP contribution in [0.3, 0.4) is 0 Å². The van der Waals surface area contributed by atoms with Crippen LogP contribution in [0.25, 0.3) is 0 Å². The normalized spacial score (nSPS) is 22.3. The van der Waals surface area contributed by atoms with E-state index >= 15 is 0 Å². The van der Waals surface area contributed by atoms with E-state index in [1.807, 2.05) is 0 Å². The summed E-state index contributed by atoms with van der Waals surface area (Å²) < 4.78 is 0. The van der Waals surface area contributed by atoms with E-state index in [1.54, 1.807) is 0 Å². The topological polar surface area (TPSA) is 20.2 Å². The summed E-state index contributed by atoms with van der Waals surface area (Å²) in [5.41, 5.74) is 4.14. The molecular formula is C15H20O. The highest BCUT2D eigenvalue weighted by Gasteiger charge is 2.25. The van der Waals surface area contributed by atoms with Crippen LogP contribution in [0.5, 0.6) is 0 Å². The van der Waals surface area contributed by atoms with Crippen molar-refractivity contribution in [3.63, 3.8) is 0 Å². The van der Waals surface area contributed by atoms with E-state index in [0.717, 1.165) is 5.56 Å². The van der Waals surface area contributed by atoms with Gasteiger partial charge in [0.25, 0.3) is 0 Å². The number of hydrogen-bond donors (Lipinski definition) is 1. The van der Waals surface area contributed by atoms with Crippen LogP contribution < -0.4 is 0 Å². The van der Waals surface area contributed by atoms with Crippen molar-refractivity contribution in [3.8, 4) is 0 Å². The Morgan fingerprint density at radius 3 is 2.56 bits per heavy atom.